The van der Waals surface area contributed by atoms with E-state index in [0.29, 0.717) is 0 Å². The highest BCUT2D eigenvalue weighted by Gasteiger charge is 2.27. The SMILES string of the molecule is c1ccc(C[B-](Cc2ccccc2)(Cc2ccccc2)c2ccccc2)cc1. The van der Waals surface area contributed by atoms with Crippen LogP contribution in [-0.4, -0.2) is 6.15 Å². The van der Waals surface area contributed by atoms with Gasteiger partial charge in [-0.05, 0) is 0 Å². The van der Waals surface area contributed by atoms with Crippen molar-refractivity contribution in [2.24, 2.45) is 0 Å². The zero-order valence-electron chi connectivity index (χ0n) is 16.2. The molecule has 0 spiro atoms. The van der Waals surface area contributed by atoms with E-state index in [0.717, 1.165) is 19.0 Å². The minimum absolute atomic E-state index is 0.849. The van der Waals surface area contributed by atoms with Gasteiger partial charge < -0.3 is 0 Å². The second-order valence-electron chi connectivity index (χ2n) is 7.96. The molecule has 0 aliphatic heterocycles. The monoisotopic (exact) mass is 361 g/mol. The van der Waals surface area contributed by atoms with Crippen molar-refractivity contribution in [1.82, 2.24) is 0 Å². The normalized spacial score (nSPS) is 11.3. The van der Waals surface area contributed by atoms with Gasteiger partial charge in [0.1, 0.15) is 0 Å². The second-order valence-corrected chi connectivity index (χ2v) is 7.96. The highest BCUT2D eigenvalue weighted by Crippen LogP contribution is 2.23. The Bertz CT molecular complexity index is 862. The molecular formula is C27H26B-. The van der Waals surface area contributed by atoms with Crippen LogP contribution in [0.2, 0.25) is 0 Å². The van der Waals surface area contributed by atoms with E-state index in [1.54, 1.807) is 0 Å². The lowest BCUT2D eigenvalue weighted by molar-refractivity contribution is 1.15. The minimum atomic E-state index is -0.849. The summed E-state index contributed by atoms with van der Waals surface area (Å²) in [6, 6.07) is 44.1. The van der Waals surface area contributed by atoms with E-state index in [1.165, 1.54) is 22.2 Å². The third-order valence-electron chi connectivity index (χ3n) is 5.91. The Hall–Kier alpha value is -3.06. The number of rotatable bonds is 7. The van der Waals surface area contributed by atoms with Gasteiger partial charge in [0.25, 0.3) is 0 Å². The van der Waals surface area contributed by atoms with Gasteiger partial charge in [-0.1, -0.05) is 138 Å². The zero-order valence-corrected chi connectivity index (χ0v) is 16.2. The van der Waals surface area contributed by atoms with Crippen molar-refractivity contribution < 1.29 is 0 Å². The Morgan fingerprint density at radius 2 is 0.643 bits per heavy atom. The molecule has 0 nitrogen and oxygen atoms in total. The van der Waals surface area contributed by atoms with Crippen LogP contribution in [0.5, 0.6) is 0 Å². The van der Waals surface area contributed by atoms with Crippen LogP contribution in [0.1, 0.15) is 16.7 Å². The van der Waals surface area contributed by atoms with Crippen molar-refractivity contribution in [3.8, 4) is 0 Å². The lowest BCUT2D eigenvalue weighted by atomic mass is 9.15. The van der Waals surface area contributed by atoms with Gasteiger partial charge in [0.05, 0.1) is 0 Å². The summed E-state index contributed by atoms with van der Waals surface area (Å²) in [4.78, 5) is 0. The Labute approximate surface area is 168 Å². The fraction of sp³-hybridized carbons (Fsp3) is 0.111. The van der Waals surface area contributed by atoms with E-state index in [-0.39, 0.29) is 0 Å². The fourth-order valence-corrected chi connectivity index (χ4v) is 4.63. The van der Waals surface area contributed by atoms with Gasteiger partial charge in [-0.2, -0.15) is 0 Å². The number of benzene rings is 4. The quantitative estimate of drug-likeness (QED) is 0.371. The molecule has 4 rings (SSSR count). The zero-order chi connectivity index (χ0) is 19.1. The first kappa shape index (κ1) is 18.3. The van der Waals surface area contributed by atoms with Crippen LogP contribution in [0.25, 0.3) is 0 Å². The number of hydrogen-bond acceptors (Lipinski definition) is 0. The molecule has 0 saturated heterocycles. The lowest BCUT2D eigenvalue weighted by Gasteiger charge is -2.41. The Balaban J connectivity index is 1.82. The van der Waals surface area contributed by atoms with Crippen molar-refractivity contribution in [2.75, 3.05) is 0 Å². The fourth-order valence-electron chi connectivity index (χ4n) is 4.63. The van der Waals surface area contributed by atoms with Gasteiger partial charge in [0.15, 0.2) is 0 Å². The highest BCUT2D eigenvalue weighted by atomic mass is 14.1. The third-order valence-corrected chi connectivity index (χ3v) is 5.91. The van der Waals surface area contributed by atoms with Crippen molar-refractivity contribution in [1.29, 1.82) is 0 Å². The summed E-state index contributed by atoms with van der Waals surface area (Å²) in [7, 11) is 0. The Kier molecular flexibility index (Phi) is 5.73. The summed E-state index contributed by atoms with van der Waals surface area (Å²) >= 11 is 0. The molecule has 0 bridgehead atoms. The summed E-state index contributed by atoms with van der Waals surface area (Å²) in [6.07, 6.45) is 2.38. The average Bonchev–Trinajstić information content (AvgIpc) is 2.76. The molecule has 0 aliphatic carbocycles. The Morgan fingerprint density at radius 1 is 0.357 bits per heavy atom. The topological polar surface area (TPSA) is 0 Å². The summed E-state index contributed by atoms with van der Waals surface area (Å²) < 4.78 is 0. The molecule has 0 amide bonds. The van der Waals surface area contributed by atoms with E-state index in [4.69, 9.17) is 0 Å². The summed E-state index contributed by atoms with van der Waals surface area (Å²) in [5.41, 5.74) is 5.72. The van der Waals surface area contributed by atoms with E-state index in [9.17, 15) is 0 Å². The maximum absolute atomic E-state index is 2.33. The van der Waals surface area contributed by atoms with Crippen molar-refractivity contribution in [3.63, 3.8) is 0 Å². The highest BCUT2D eigenvalue weighted by molar-refractivity contribution is 6.90. The molecule has 0 unspecified atom stereocenters. The maximum Gasteiger partial charge on any atom is 0.0415 e. The van der Waals surface area contributed by atoms with Crippen LogP contribution >= 0.6 is 0 Å². The number of hydrogen-bond donors (Lipinski definition) is 0. The molecule has 0 N–H and O–H groups in total. The van der Waals surface area contributed by atoms with Crippen LogP contribution < -0.4 is 5.46 Å². The van der Waals surface area contributed by atoms with Crippen molar-refractivity contribution >= 4 is 11.6 Å². The Morgan fingerprint density at radius 3 is 0.964 bits per heavy atom. The minimum Gasteiger partial charge on any atom is -0.209 e. The molecular weight excluding hydrogens is 335 g/mol. The molecule has 4 aromatic rings. The smallest absolute Gasteiger partial charge is 0.0415 e. The van der Waals surface area contributed by atoms with Gasteiger partial charge in [0, 0.05) is 6.15 Å². The van der Waals surface area contributed by atoms with Gasteiger partial charge in [0.2, 0.25) is 0 Å². The summed E-state index contributed by atoms with van der Waals surface area (Å²) in [5.74, 6) is 0. The van der Waals surface area contributed by atoms with Crippen molar-refractivity contribution in [2.45, 2.75) is 19.0 Å². The molecule has 28 heavy (non-hydrogen) atoms. The van der Waals surface area contributed by atoms with Gasteiger partial charge >= 0.3 is 0 Å². The van der Waals surface area contributed by atoms with Crippen molar-refractivity contribution in [3.05, 3.63) is 138 Å². The molecule has 0 aliphatic rings. The van der Waals surface area contributed by atoms with Gasteiger partial charge in [-0.15, -0.1) is 19.0 Å². The van der Waals surface area contributed by atoms with Crippen LogP contribution in [0.4, 0.5) is 0 Å². The first-order chi connectivity index (χ1) is 13.8. The second kappa shape index (κ2) is 8.76. The van der Waals surface area contributed by atoms with E-state index < -0.39 is 6.15 Å². The van der Waals surface area contributed by atoms with Gasteiger partial charge in [-0.25, -0.2) is 5.46 Å². The molecule has 0 saturated carbocycles. The van der Waals surface area contributed by atoms with Gasteiger partial charge in [-0.3, -0.25) is 0 Å². The standard InChI is InChI=1S/C27H26B/c1-5-13-24(14-6-1)21-28(27-19-11-4-12-20-27,22-25-15-7-2-8-16-25)23-26-17-9-3-10-18-26/h1-20H,21-23H2/q-1. The van der Waals surface area contributed by atoms with Crippen LogP contribution in [-0.2, 0) is 19.0 Å². The summed E-state index contributed by atoms with van der Waals surface area (Å²) in [5, 5.41) is 0. The lowest BCUT2D eigenvalue weighted by Crippen LogP contribution is -2.55. The predicted molar refractivity (Wildman–Crippen MR) is 122 cm³/mol. The molecule has 4 aromatic carbocycles. The first-order valence-electron chi connectivity index (χ1n) is 10.2. The largest absolute Gasteiger partial charge is 0.209 e. The van der Waals surface area contributed by atoms with E-state index in [1.807, 2.05) is 0 Å². The predicted octanol–water partition coefficient (Wildman–Crippen LogP) is 5.69. The first-order valence-corrected chi connectivity index (χ1v) is 10.2. The maximum atomic E-state index is 2.33. The average molecular weight is 361 g/mol. The van der Waals surface area contributed by atoms with Crippen LogP contribution in [0.3, 0.4) is 0 Å². The molecule has 0 radical (unpaired) electrons. The molecule has 0 fully saturated rings. The third kappa shape index (κ3) is 4.43. The summed E-state index contributed by atoms with van der Waals surface area (Å²) in [6.45, 7) is 0. The van der Waals surface area contributed by atoms with Crippen LogP contribution in [0.15, 0.2) is 121 Å². The molecule has 0 heterocycles. The molecule has 138 valence electrons. The molecule has 1 heteroatoms. The van der Waals surface area contributed by atoms with E-state index >= 15 is 0 Å². The molecule has 0 aromatic heterocycles. The molecule has 0 atom stereocenters. The van der Waals surface area contributed by atoms with Crippen LogP contribution in [0, 0.1) is 0 Å². The van der Waals surface area contributed by atoms with E-state index in [2.05, 4.69) is 121 Å².